The van der Waals surface area contributed by atoms with Crippen molar-refractivity contribution in [2.24, 2.45) is 5.92 Å². The molecule has 2 aromatic rings. The quantitative estimate of drug-likeness (QED) is 0.895. The van der Waals surface area contributed by atoms with Crippen LogP contribution in [-0.4, -0.2) is 36.9 Å². The Morgan fingerprint density at radius 1 is 1.00 bits per heavy atom. The Hall–Kier alpha value is -2.82. The van der Waals surface area contributed by atoms with Gasteiger partial charge in [-0.25, -0.2) is 0 Å². The molecule has 0 unspecified atom stereocenters. The fraction of sp³-hybridized carbons (Fsp3) is 0.364. The number of hydrogen-bond donors (Lipinski definition) is 1. The Kier molecular flexibility index (Phi) is 5.79. The van der Waals surface area contributed by atoms with Crippen LogP contribution in [0.4, 0.5) is 5.69 Å². The molecule has 0 atom stereocenters. The van der Waals surface area contributed by atoms with Crippen molar-refractivity contribution in [3.63, 3.8) is 0 Å². The van der Waals surface area contributed by atoms with E-state index < -0.39 is 0 Å². The first kappa shape index (κ1) is 19.0. The first-order chi connectivity index (χ1) is 13.0. The molecule has 1 aliphatic rings. The molecule has 1 N–H and O–H groups in total. The number of hydrogen-bond acceptors (Lipinski definition) is 3. The molecule has 0 radical (unpaired) electrons. The van der Waals surface area contributed by atoms with Crippen LogP contribution in [0.3, 0.4) is 0 Å². The van der Waals surface area contributed by atoms with Gasteiger partial charge in [-0.05, 0) is 62.1 Å². The van der Waals surface area contributed by atoms with Gasteiger partial charge in [-0.3, -0.25) is 9.59 Å². The Bertz CT molecular complexity index is 802. The average molecular weight is 366 g/mol. The van der Waals surface area contributed by atoms with Crippen molar-refractivity contribution in [1.29, 1.82) is 0 Å². The number of nitrogens with one attached hydrogen (secondary N) is 1. The lowest BCUT2D eigenvalue weighted by atomic mass is 9.95. The van der Waals surface area contributed by atoms with Gasteiger partial charge in [0.2, 0.25) is 5.91 Å². The highest BCUT2D eigenvalue weighted by atomic mass is 16.5. The van der Waals surface area contributed by atoms with E-state index in [9.17, 15) is 9.59 Å². The molecule has 0 aromatic heterocycles. The fourth-order valence-corrected chi connectivity index (χ4v) is 3.50. The topological polar surface area (TPSA) is 58.6 Å². The molecule has 1 heterocycles. The molecule has 0 saturated carbocycles. The van der Waals surface area contributed by atoms with E-state index in [-0.39, 0.29) is 17.7 Å². The number of carbonyl (C=O) groups is 2. The number of para-hydroxylation sites is 1. The average Bonchev–Trinajstić information content (AvgIpc) is 2.70. The molecule has 3 rings (SSSR count). The van der Waals surface area contributed by atoms with Crippen LogP contribution in [0.1, 0.15) is 34.3 Å². The molecule has 0 bridgehead atoms. The number of rotatable bonds is 4. The maximum Gasteiger partial charge on any atom is 0.253 e. The Balaban J connectivity index is 1.58. The van der Waals surface area contributed by atoms with Crippen LogP contribution in [0.2, 0.25) is 0 Å². The summed E-state index contributed by atoms with van der Waals surface area (Å²) in [5.41, 5.74) is 3.68. The number of amides is 2. The predicted molar refractivity (Wildman–Crippen MR) is 106 cm³/mol. The highest BCUT2D eigenvalue weighted by Crippen LogP contribution is 2.24. The van der Waals surface area contributed by atoms with Gasteiger partial charge >= 0.3 is 0 Å². The van der Waals surface area contributed by atoms with Gasteiger partial charge in [-0.1, -0.05) is 18.2 Å². The minimum Gasteiger partial charge on any atom is -0.497 e. The number of benzene rings is 2. The third-order valence-electron chi connectivity index (χ3n) is 5.22. The van der Waals surface area contributed by atoms with Crippen molar-refractivity contribution < 1.29 is 14.3 Å². The minimum absolute atomic E-state index is 0.00580. The van der Waals surface area contributed by atoms with Crippen LogP contribution in [-0.2, 0) is 4.79 Å². The van der Waals surface area contributed by atoms with Crippen LogP contribution in [0, 0.1) is 19.8 Å². The Morgan fingerprint density at radius 3 is 2.15 bits per heavy atom. The van der Waals surface area contributed by atoms with Crippen molar-refractivity contribution in [2.75, 3.05) is 25.5 Å². The van der Waals surface area contributed by atoms with E-state index in [2.05, 4.69) is 5.32 Å². The van der Waals surface area contributed by atoms with E-state index >= 15 is 0 Å². The van der Waals surface area contributed by atoms with Crippen molar-refractivity contribution >= 4 is 17.5 Å². The molecule has 1 aliphatic heterocycles. The Morgan fingerprint density at radius 2 is 1.59 bits per heavy atom. The monoisotopic (exact) mass is 366 g/mol. The van der Waals surface area contributed by atoms with Crippen LogP contribution in [0.5, 0.6) is 5.75 Å². The molecule has 1 fully saturated rings. The smallest absolute Gasteiger partial charge is 0.253 e. The lowest BCUT2D eigenvalue weighted by molar-refractivity contribution is -0.121. The van der Waals surface area contributed by atoms with Gasteiger partial charge in [0.05, 0.1) is 7.11 Å². The number of nitrogens with zero attached hydrogens (tertiary/aromatic N) is 1. The number of ether oxygens (including phenoxy) is 1. The van der Waals surface area contributed by atoms with Crippen molar-refractivity contribution in [3.8, 4) is 5.75 Å². The molecule has 5 heteroatoms. The van der Waals surface area contributed by atoms with E-state index in [0.717, 1.165) is 22.6 Å². The van der Waals surface area contributed by atoms with Crippen molar-refractivity contribution in [1.82, 2.24) is 4.90 Å². The summed E-state index contributed by atoms with van der Waals surface area (Å²) in [6.45, 7) is 5.18. The summed E-state index contributed by atoms with van der Waals surface area (Å²) >= 11 is 0. The number of methoxy groups -OCH3 is 1. The molecule has 5 nitrogen and oxygen atoms in total. The van der Waals surface area contributed by atoms with Gasteiger partial charge in [-0.2, -0.15) is 0 Å². The maximum atomic E-state index is 12.7. The van der Waals surface area contributed by atoms with E-state index in [1.807, 2.05) is 36.9 Å². The fourth-order valence-electron chi connectivity index (χ4n) is 3.50. The lowest BCUT2D eigenvalue weighted by Crippen LogP contribution is -2.41. The van der Waals surface area contributed by atoms with Gasteiger partial charge in [-0.15, -0.1) is 0 Å². The largest absolute Gasteiger partial charge is 0.497 e. The zero-order valence-corrected chi connectivity index (χ0v) is 16.1. The molecule has 2 aromatic carbocycles. The molecular weight excluding hydrogens is 340 g/mol. The van der Waals surface area contributed by atoms with Gasteiger partial charge in [0.15, 0.2) is 0 Å². The third kappa shape index (κ3) is 4.30. The zero-order chi connectivity index (χ0) is 19.4. The Labute approximate surface area is 160 Å². The van der Waals surface area contributed by atoms with Crippen LogP contribution in [0.15, 0.2) is 42.5 Å². The summed E-state index contributed by atoms with van der Waals surface area (Å²) in [6, 6.07) is 13.1. The third-order valence-corrected chi connectivity index (χ3v) is 5.22. The molecule has 0 spiro atoms. The second-order valence-electron chi connectivity index (χ2n) is 7.05. The van der Waals surface area contributed by atoms with Crippen molar-refractivity contribution in [2.45, 2.75) is 26.7 Å². The van der Waals surface area contributed by atoms with E-state index in [4.69, 9.17) is 4.74 Å². The van der Waals surface area contributed by atoms with Crippen LogP contribution < -0.4 is 10.1 Å². The van der Waals surface area contributed by atoms with Crippen LogP contribution >= 0.6 is 0 Å². The van der Waals surface area contributed by atoms with Gasteiger partial charge in [0, 0.05) is 30.3 Å². The predicted octanol–water partition coefficient (Wildman–Crippen LogP) is 3.80. The van der Waals surface area contributed by atoms with E-state index in [0.29, 0.717) is 31.5 Å². The summed E-state index contributed by atoms with van der Waals surface area (Å²) in [4.78, 5) is 27.1. The SMILES string of the molecule is COc1ccc(C(=O)N2CCC(C(=O)Nc3c(C)cccc3C)CC2)cc1. The highest BCUT2D eigenvalue weighted by molar-refractivity contribution is 5.96. The van der Waals surface area contributed by atoms with Gasteiger partial charge < -0.3 is 15.0 Å². The highest BCUT2D eigenvalue weighted by Gasteiger charge is 2.28. The summed E-state index contributed by atoms with van der Waals surface area (Å²) in [5.74, 6) is 0.715. The molecule has 27 heavy (non-hydrogen) atoms. The number of likely N-dealkylation sites (tertiary alicyclic amines) is 1. The van der Waals surface area contributed by atoms with E-state index in [1.54, 1.807) is 31.4 Å². The maximum absolute atomic E-state index is 12.7. The number of piperidine rings is 1. The first-order valence-corrected chi connectivity index (χ1v) is 9.30. The number of anilines is 1. The second kappa shape index (κ2) is 8.25. The van der Waals surface area contributed by atoms with Crippen LogP contribution in [0.25, 0.3) is 0 Å². The van der Waals surface area contributed by atoms with E-state index in [1.165, 1.54) is 0 Å². The molecule has 142 valence electrons. The standard InChI is InChI=1S/C22H26N2O3/c1-15-5-4-6-16(2)20(15)23-21(25)17-11-13-24(14-12-17)22(26)18-7-9-19(27-3)10-8-18/h4-10,17H,11-14H2,1-3H3,(H,23,25). The minimum atomic E-state index is -0.0658. The summed E-state index contributed by atoms with van der Waals surface area (Å²) in [7, 11) is 1.60. The van der Waals surface area contributed by atoms with Crippen molar-refractivity contribution in [3.05, 3.63) is 59.2 Å². The van der Waals surface area contributed by atoms with Gasteiger partial charge in [0.25, 0.3) is 5.91 Å². The summed E-state index contributed by atoms with van der Waals surface area (Å²) in [5, 5.41) is 3.08. The number of aryl methyl sites for hydroxylation is 2. The molecule has 1 saturated heterocycles. The summed E-state index contributed by atoms with van der Waals surface area (Å²) < 4.78 is 5.13. The normalized spacial score (nSPS) is 14.7. The molecule has 2 amide bonds. The second-order valence-corrected chi connectivity index (χ2v) is 7.05. The molecular formula is C22H26N2O3. The summed E-state index contributed by atoms with van der Waals surface area (Å²) in [6.07, 6.45) is 1.36. The van der Waals surface area contributed by atoms with Gasteiger partial charge in [0.1, 0.15) is 5.75 Å². The lowest BCUT2D eigenvalue weighted by Gasteiger charge is -2.31. The first-order valence-electron chi connectivity index (χ1n) is 9.30. The molecule has 0 aliphatic carbocycles. The number of carbonyl (C=O) groups excluding carboxylic acids is 2. The zero-order valence-electron chi connectivity index (χ0n) is 16.1.